The minimum Gasteiger partial charge on any atom is -0.474 e. The molecule has 2 unspecified atom stereocenters. The molecule has 0 bridgehead atoms. The van der Waals surface area contributed by atoms with Gasteiger partial charge in [0, 0.05) is 6.20 Å². The Labute approximate surface area is 110 Å². The van der Waals surface area contributed by atoms with E-state index in [0.717, 1.165) is 21.8 Å². The first kappa shape index (κ1) is 12.1. The van der Waals surface area contributed by atoms with E-state index in [9.17, 15) is 0 Å². The zero-order chi connectivity index (χ0) is 11.4. The maximum atomic E-state index is 5.96. The van der Waals surface area contributed by atoms with Crippen LogP contribution >= 0.6 is 22.6 Å². The van der Waals surface area contributed by atoms with Crippen molar-refractivity contribution in [1.29, 1.82) is 0 Å². The van der Waals surface area contributed by atoms with Crippen molar-refractivity contribution in [3.8, 4) is 5.88 Å². The van der Waals surface area contributed by atoms with Gasteiger partial charge in [0.15, 0.2) is 0 Å². The fraction of sp³-hybridized carbons (Fsp3) is 0.667. The number of ether oxygens (including phenoxy) is 1. The molecule has 88 valence electrons. The third kappa shape index (κ3) is 3.06. The second-order valence-electron chi connectivity index (χ2n) is 4.36. The molecule has 0 amide bonds. The molecule has 0 aliphatic heterocycles. The first-order valence-electron chi connectivity index (χ1n) is 5.91. The molecule has 1 saturated carbocycles. The van der Waals surface area contributed by atoms with Crippen molar-refractivity contribution >= 4 is 22.6 Å². The third-order valence-corrected chi connectivity index (χ3v) is 3.96. The summed E-state index contributed by atoms with van der Waals surface area (Å²) < 4.78 is 6.96. The molecule has 1 aliphatic rings. The monoisotopic (exact) mass is 332 g/mol. The molecule has 0 aromatic carbocycles. The van der Waals surface area contributed by atoms with Crippen molar-refractivity contribution in [1.82, 2.24) is 9.97 Å². The van der Waals surface area contributed by atoms with Crippen molar-refractivity contribution in [3.05, 3.63) is 16.1 Å². The van der Waals surface area contributed by atoms with E-state index in [0.29, 0.717) is 6.10 Å². The number of aromatic nitrogens is 2. The zero-order valence-corrected chi connectivity index (χ0v) is 11.7. The van der Waals surface area contributed by atoms with E-state index in [-0.39, 0.29) is 0 Å². The van der Waals surface area contributed by atoms with Gasteiger partial charge in [0.2, 0.25) is 5.88 Å². The lowest BCUT2D eigenvalue weighted by molar-refractivity contribution is 0.116. The molecule has 1 aromatic heterocycles. The van der Waals surface area contributed by atoms with E-state index in [1.807, 2.05) is 0 Å². The van der Waals surface area contributed by atoms with Crippen LogP contribution in [-0.4, -0.2) is 16.1 Å². The summed E-state index contributed by atoms with van der Waals surface area (Å²) >= 11 is 2.22. The maximum Gasteiger partial charge on any atom is 0.230 e. The van der Waals surface area contributed by atoms with Gasteiger partial charge in [-0.25, -0.2) is 9.97 Å². The Morgan fingerprint density at radius 1 is 1.50 bits per heavy atom. The molecule has 0 spiro atoms. The summed E-state index contributed by atoms with van der Waals surface area (Å²) in [6.07, 6.45) is 9.94. The predicted octanol–water partition coefficient (Wildman–Crippen LogP) is 3.43. The molecule has 4 heteroatoms. The summed E-state index contributed by atoms with van der Waals surface area (Å²) in [6, 6.07) is 0. The Morgan fingerprint density at radius 3 is 3.12 bits per heavy atom. The lowest BCUT2D eigenvalue weighted by Crippen LogP contribution is -2.25. The van der Waals surface area contributed by atoms with Crippen LogP contribution in [0.1, 0.15) is 39.0 Å². The Balaban J connectivity index is 1.97. The van der Waals surface area contributed by atoms with E-state index in [1.165, 1.54) is 25.7 Å². The number of nitrogens with zero attached hydrogens (tertiary/aromatic N) is 2. The minimum atomic E-state index is 0.349. The van der Waals surface area contributed by atoms with Gasteiger partial charge < -0.3 is 4.74 Å². The Hall–Kier alpha value is -0.390. The second-order valence-corrected chi connectivity index (χ2v) is 5.52. The number of halogens is 1. The molecule has 1 heterocycles. The summed E-state index contributed by atoms with van der Waals surface area (Å²) in [5.41, 5.74) is 0. The first-order valence-corrected chi connectivity index (χ1v) is 6.99. The quantitative estimate of drug-likeness (QED) is 0.796. The lowest BCUT2D eigenvalue weighted by Gasteiger charge is -2.28. The topological polar surface area (TPSA) is 35.0 Å². The lowest BCUT2D eigenvalue weighted by atomic mass is 9.85. The van der Waals surface area contributed by atoms with Crippen LogP contribution in [0.2, 0.25) is 0 Å². The van der Waals surface area contributed by atoms with E-state index >= 15 is 0 Å². The van der Waals surface area contributed by atoms with Crippen LogP contribution < -0.4 is 4.74 Å². The van der Waals surface area contributed by atoms with Crippen LogP contribution in [0, 0.1) is 9.49 Å². The Bertz CT molecular complexity index is 346. The third-order valence-electron chi connectivity index (χ3n) is 3.22. The summed E-state index contributed by atoms with van der Waals surface area (Å²) in [5.74, 6) is 1.58. The average molecular weight is 332 g/mol. The van der Waals surface area contributed by atoms with Gasteiger partial charge in [-0.2, -0.15) is 0 Å². The number of hydrogen-bond donors (Lipinski definition) is 0. The summed E-state index contributed by atoms with van der Waals surface area (Å²) in [6.45, 7) is 2.27. The van der Waals surface area contributed by atoms with E-state index in [1.54, 1.807) is 12.5 Å². The van der Waals surface area contributed by atoms with Crippen LogP contribution in [0.15, 0.2) is 12.5 Å². The summed E-state index contributed by atoms with van der Waals surface area (Å²) in [7, 11) is 0. The molecular weight excluding hydrogens is 315 g/mol. The van der Waals surface area contributed by atoms with Crippen molar-refractivity contribution in [2.75, 3.05) is 0 Å². The molecule has 1 aromatic rings. The fourth-order valence-electron chi connectivity index (χ4n) is 2.27. The van der Waals surface area contributed by atoms with Gasteiger partial charge in [0.05, 0.1) is 3.57 Å². The van der Waals surface area contributed by atoms with Gasteiger partial charge >= 0.3 is 0 Å². The van der Waals surface area contributed by atoms with Crippen LogP contribution in [0.5, 0.6) is 5.88 Å². The average Bonchev–Trinajstić information content (AvgIpc) is 2.32. The molecule has 1 aliphatic carbocycles. The largest absolute Gasteiger partial charge is 0.474 e. The predicted molar refractivity (Wildman–Crippen MR) is 71.4 cm³/mol. The zero-order valence-electron chi connectivity index (χ0n) is 9.53. The van der Waals surface area contributed by atoms with Crippen LogP contribution in [0.4, 0.5) is 0 Å². The van der Waals surface area contributed by atoms with Crippen molar-refractivity contribution < 1.29 is 4.74 Å². The van der Waals surface area contributed by atoms with Crippen molar-refractivity contribution in [3.63, 3.8) is 0 Å². The molecule has 2 rings (SSSR count). The van der Waals surface area contributed by atoms with Gasteiger partial charge in [0.1, 0.15) is 12.4 Å². The SMILES string of the molecule is CCC1CCCC(Oc2ncncc2I)C1. The normalized spacial score (nSPS) is 25.4. The standard InChI is InChI=1S/C12H17IN2O/c1-2-9-4-3-5-10(6-9)16-12-11(13)7-14-8-15-12/h7-10H,2-6H2,1H3. The number of hydrogen-bond acceptors (Lipinski definition) is 3. The van der Waals surface area contributed by atoms with Gasteiger partial charge in [0.25, 0.3) is 0 Å². The fourth-order valence-corrected chi connectivity index (χ4v) is 2.69. The highest BCUT2D eigenvalue weighted by Gasteiger charge is 2.22. The Kier molecular flexibility index (Phi) is 4.37. The van der Waals surface area contributed by atoms with Crippen LogP contribution in [0.3, 0.4) is 0 Å². The summed E-state index contributed by atoms with van der Waals surface area (Å²) in [4.78, 5) is 8.15. The van der Waals surface area contributed by atoms with Crippen LogP contribution in [-0.2, 0) is 0 Å². The van der Waals surface area contributed by atoms with Gasteiger partial charge in [-0.3, -0.25) is 0 Å². The molecule has 0 saturated heterocycles. The molecule has 2 atom stereocenters. The first-order chi connectivity index (χ1) is 7.79. The highest BCUT2D eigenvalue weighted by molar-refractivity contribution is 14.1. The van der Waals surface area contributed by atoms with Gasteiger partial charge in [-0.1, -0.05) is 19.8 Å². The van der Waals surface area contributed by atoms with Crippen molar-refractivity contribution in [2.24, 2.45) is 5.92 Å². The highest BCUT2D eigenvalue weighted by Crippen LogP contribution is 2.29. The summed E-state index contributed by atoms with van der Waals surface area (Å²) in [5, 5.41) is 0. The molecule has 16 heavy (non-hydrogen) atoms. The highest BCUT2D eigenvalue weighted by atomic mass is 127. The second kappa shape index (κ2) is 5.80. The van der Waals surface area contributed by atoms with E-state index in [2.05, 4.69) is 39.5 Å². The van der Waals surface area contributed by atoms with Crippen molar-refractivity contribution in [2.45, 2.75) is 45.1 Å². The maximum absolute atomic E-state index is 5.96. The van der Waals surface area contributed by atoms with Crippen LogP contribution in [0.25, 0.3) is 0 Å². The Morgan fingerprint density at radius 2 is 2.38 bits per heavy atom. The molecule has 0 N–H and O–H groups in total. The van der Waals surface area contributed by atoms with Gasteiger partial charge in [-0.15, -0.1) is 0 Å². The van der Waals surface area contributed by atoms with E-state index < -0.39 is 0 Å². The minimum absolute atomic E-state index is 0.349. The molecule has 3 nitrogen and oxygen atoms in total. The molecule has 0 radical (unpaired) electrons. The van der Waals surface area contributed by atoms with Gasteiger partial charge in [-0.05, 0) is 47.8 Å². The van der Waals surface area contributed by atoms with E-state index in [4.69, 9.17) is 4.74 Å². The molecular formula is C12H17IN2O. The number of rotatable bonds is 3. The smallest absolute Gasteiger partial charge is 0.230 e. The molecule has 1 fully saturated rings.